The summed E-state index contributed by atoms with van der Waals surface area (Å²) in [4.78, 5) is 2.47. The lowest BCUT2D eigenvalue weighted by Crippen LogP contribution is -2.33. The van der Waals surface area contributed by atoms with Gasteiger partial charge in [-0.05, 0) is 24.6 Å². The molecule has 0 aliphatic carbocycles. The van der Waals surface area contributed by atoms with Crippen LogP contribution in [0.4, 0.5) is 0 Å². The first-order valence-electron chi connectivity index (χ1n) is 6.69. The molecule has 0 aliphatic rings. The standard InChI is InChI=1S/C15H26N2/c1-4-17(11-10-16-12-14(2)3)13-15-8-6-5-7-9-15/h5-9,14,16H,4,10-13H2,1-3H3. The molecule has 0 spiro atoms. The molecule has 1 aromatic rings. The van der Waals surface area contributed by atoms with E-state index in [1.54, 1.807) is 0 Å². The van der Waals surface area contributed by atoms with E-state index in [1.165, 1.54) is 5.56 Å². The van der Waals surface area contributed by atoms with E-state index < -0.39 is 0 Å². The van der Waals surface area contributed by atoms with Gasteiger partial charge in [-0.3, -0.25) is 4.90 Å². The average molecular weight is 234 g/mol. The van der Waals surface area contributed by atoms with Crippen LogP contribution in [-0.2, 0) is 6.54 Å². The molecular formula is C15H26N2. The van der Waals surface area contributed by atoms with Crippen LogP contribution in [0.2, 0.25) is 0 Å². The van der Waals surface area contributed by atoms with Crippen LogP contribution in [0.5, 0.6) is 0 Å². The zero-order valence-electron chi connectivity index (χ0n) is 11.4. The Hall–Kier alpha value is -0.860. The third kappa shape index (κ3) is 6.44. The molecule has 0 fully saturated rings. The maximum atomic E-state index is 3.49. The lowest BCUT2D eigenvalue weighted by Gasteiger charge is -2.21. The molecule has 0 saturated heterocycles. The molecule has 96 valence electrons. The minimum absolute atomic E-state index is 0.735. The first-order valence-corrected chi connectivity index (χ1v) is 6.69. The van der Waals surface area contributed by atoms with Gasteiger partial charge in [0.25, 0.3) is 0 Å². The van der Waals surface area contributed by atoms with Crippen molar-refractivity contribution in [1.82, 2.24) is 10.2 Å². The predicted octanol–water partition coefficient (Wildman–Crippen LogP) is 2.75. The Morgan fingerprint density at radius 2 is 1.88 bits per heavy atom. The quantitative estimate of drug-likeness (QED) is 0.696. The van der Waals surface area contributed by atoms with Crippen molar-refractivity contribution in [1.29, 1.82) is 0 Å². The van der Waals surface area contributed by atoms with E-state index in [1.807, 2.05) is 0 Å². The number of hydrogen-bond acceptors (Lipinski definition) is 2. The lowest BCUT2D eigenvalue weighted by atomic mass is 10.2. The van der Waals surface area contributed by atoms with Gasteiger partial charge in [0.05, 0.1) is 0 Å². The van der Waals surface area contributed by atoms with E-state index in [9.17, 15) is 0 Å². The van der Waals surface area contributed by atoms with E-state index in [2.05, 4.69) is 61.3 Å². The molecule has 17 heavy (non-hydrogen) atoms. The summed E-state index contributed by atoms with van der Waals surface area (Å²) in [5.74, 6) is 0.735. The molecule has 0 saturated carbocycles. The largest absolute Gasteiger partial charge is 0.315 e. The van der Waals surface area contributed by atoms with E-state index in [0.29, 0.717) is 0 Å². The summed E-state index contributed by atoms with van der Waals surface area (Å²) in [5, 5.41) is 3.49. The van der Waals surface area contributed by atoms with Crippen LogP contribution in [-0.4, -0.2) is 31.1 Å². The van der Waals surface area contributed by atoms with Crippen LogP contribution in [0, 0.1) is 5.92 Å². The summed E-state index contributed by atoms with van der Waals surface area (Å²) in [6.45, 7) is 12.2. The van der Waals surface area contributed by atoms with Gasteiger partial charge in [0, 0.05) is 19.6 Å². The van der Waals surface area contributed by atoms with Crippen molar-refractivity contribution < 1.29 is 0 Å². The van der Waals surface area contributed by atoms with Gasteiger partial charge >= 0.3 is 0 Å². The number of nitrogens with zero attached hydrogens (tertiary/aromatic N) is 1. The fraction of sp³-hybridized carbons (Fsp3) is 0.600. The molecular weight excluding hydrogens is 208 g/mol. The maximum absolute atomic E-state index is 3.49. The number of hydrogen-bond donors (Lipinski definition) is 1. The summed E-state index contributed by atoms with van der Waals surface area (Å²) in [6.07, 6.45) is 0. The third-order valence-electron chi connectivity index (χ3n) is 2.85. The Balaban J connectivity index is 2.24. The Labute approximate surface area is 106 Å². The molecule has 2 nitrogen and oxygen atoms in total. The highest BCUT2D eigenvalue weighted by Gasteiger charge is 2.02. The number of likely N-dealkylation sites (N-methyl/N-ethyl adjacent to an activating group) is 1. The van der Waals surface area contributed by atoms with Crippen molar-refractivity contribution in [3.8, 4) is 0 Å². The summed E-state index contributed by atoms with van der Waals surface area (Å²) >= 11 is 0. The minimum Gasteiger partial charge on any atom is -0.315 e. The molecule has 0 aliphatic heterocycles. The van der Waals surface area contributed by atoms with Gasteiger partial charge in [0.1, 0.15) is 0 Å². The molecule has 0 unspecified atom stereocenters. The fourth-order valence-corrected chi connectivity index (χ4v) is 1.82. The number of benzene rings is 1. The van der Waals surface area contributed by atoms with Crippen molar-refractivity contribution in [2.24, 2.45) is 5.92 Å². The van der Waals surface area contributed by atoms with Crippen molar-refractivity contribution >= 4 is 0 Å². The van der Waals surface area contributed by atoms with Gasteiger partial charge in [-0.2, -0.15) is 0 Å². The summed E-state index contributed by atoms with van der Waals surface area (Å²) in [7, 11) is 0. The van der Waals surface area contributed by atoms with Gasteiger partial charge in [-0.25, -0.2) is 0 Å². The van der Waals surface area contributed by atoms with Gasteiger partial charge in [-0.15, -0.1) is 0 Å². The topological polar surface area (TPSA) is 15.3 Å². The van der Waals surface area contributed by atoms with Crippen molar-refractivity contribution in [2.75, 3.05) is 26.2 Å². The van der Waals surface area contributed by atoms with Crippen LogP contribution in [0.1, 0.15) is 26.3 Å². The smallest absolute Gasteiger partial charge is 0.0234 e. The molecule has 0 radical (unpaired) electrons. The molecule has 0 amide bonds. The van der Waals surface area contributed by atoms with E-state index in [0.717, 1.165) is 38.6 Å². The monoisotopic (exact) mass is 234 g/mol. The lowest BCUT2D eigenvalue weighted by molar-refractivity contribution is 0.277. The normalized spacial score (nSPS) is 11.4. The van der Waals surface area contributed by atoms with Crippen LogP contribution in [0.15, 0.2) is 30.3 Å². The second kappa shape index (κ2) is 8.26. The summed E-state index contributed by atoms with van der Waals surface area (Å²) in [5.41, 5.74) is 1.40. The summed E-state index contributed by atoms with van der Waals surface area (Å²) in [6, 6.07) is 10.7. The zero-order valence-corrected chi connectivity index (χ0v) is 11.4. The molecule has 1 rings (SSSR count). The highest BCUT2D eigenvalue weighted by Crippen LogP contribution is 2.03. The van der Waals surface area contributed by atoms with Crippen molar-refractivity contribution in [3.05, 3.63) is 35.9 Å². The molecule has 0 atom stereocenters. The second-order valence-corrected chi connectivity index (χ2v) is 4.95. The SMILES string of the molecule is CCN(CCNCC(C)C)Cc1ccccc1. The van der Waals surface area contributed by atoms with E-state index >= 15 is 0 Å². The highest BCUT2D eigenvalue weighted by molar-refractivity contribution is 5.14. The van der Waals surface area contributed by atoms with Gasteiger partial charge in [0.2, 0.25) is 0 Å². The van der Waals surface area contributed by atoms with Gasteiger partial charge in [-0.1, -0.05) is 51.1 Å². The van der Waals surface area contributed by atoms with Crippen LogP contribution < -0.4 is 5.32 Å². The van der Waals surface area contributed by atoms with Crippen LogP contribution >= 0.6 is 0 Å². The van der Waals surface area contributed by atoms with Gasteiger partial charge < -0.3 is 5.32 Å². The highest BCUT2D eigenvalue weighted by atomic mass is 15.1. The van der Waals surface area contributed by atoms with E-state index in [4.69, 9.17) is 0 Å². The Morgan fingerprint density at radius 3 is 2.47 bits per heavy atom. The fourth-order valence-electron chi connectivity index (χ4n) is 1.82. The van der Waals surface area contributed by atoms with Crippen LogP contribution in [0.3, 0.4) is 0 Å². The van der Waals surface area contributed by atoms with Crippen LogP contribution in [0.25, 0.3) is 0 Å². The number of nitrogens with one attached hydrogen (secondary N) is 1. The van der Waals surface area contributed by atoms with Crippen molar-refractivity contribution in [3.63, 3.8) is 0 Å². The van der Waals surface area contributed by atoms with Gasteiger partial charge in [0.15, 0.2) is 0 Å². The molecule has 1 aromatic carbocycles. The summed E-state index contributed by atoms with van der Waals surface area (Å²) < 4.78 is 0. The maximum Gasteiger partial charge on any atom is 0.0234 e. The Bertz CT molecular complexity index is 282. The molecule has 0 aromatic heterocycles. The van der Waals surface area contributed by atoms with E-state index in [-0.39, 0.29) is 0 Å². The zero-order chi connectivity index (χ0) is 12.5. The number of rotatable bonds is 8. The Morgan fingerprint density at radius 1 is 1.18 bits per heavy atom. The molecule has 1 N–H and O–H groups in total. The first kappa shape index (κ1) is 14.2. The Kier molecular flexibility index (Phi) is 6.90. The predicted molar refractivity (Wildman–Crippen MR) is 75.1 cm³/mol. The minimum atomic E-state index is 0.735. The second-order valence-electron chi connectivity index (χ2n) is 4.95. The average Bonchev–Trinajstić information content (AvgIpc) is 2.34. The molecule has 0 bridgehead atoms. The third-order valence-corrected chi connectivity index (χ3v) is 2.85. The first-order chi connectivity index (χ1) is 8.22. The molecule has 2 heteroatoms. The molecule has 0 heterocycles. The van der Waals surface area contributed by atoms with Crippen molar-refractivity contribution in [2.45, 2.75) is 27.3 Å².